The molecule has 1 aromatic heterocycles. The summed E-state index contributed by atoms with van der Waals surface area (Å²) < 4.78 is 27.1. The predicted molar refractivity (Wildman–Crippen MR) is 81.6 cm³/mol. The van der Waals surface area contributed by atoms with E-state index in [1.165, 1.54) is 0 Å². The van der Waals surface area contributed by atoms with E-state index in [9.17, 15) is 4.39 Å². The molecule has 1 saturated heterocycles. The van der Waals surface area contributed by atoms with Gasteiger partial charge in [0.05, 0.1) is 38.0 Å². The standard InChI is InChI=1S/C15H17FN2O2.CH2O2/c1-11-3-2-4-13(14(11)16)15-17-5-6-18(15)9-12-10-19-7-8-20-12;2-1-3/h2-6,12H,7-10H2,1H3;1H,(H,2,3). The zero-order chi connectivity index (χ0) is 16.7. The third-order valence-electron chi connectivity index (χ3n) is 3.43. The Morgan fingerprint density at radius 1 is 1.48 bits per heavy atom. The maximum absolute atomic E-state index is 14.2. The molecule has 6 nitrogen and oxygen atoms in total. The molecule has 0 radical (unpaired) electrons. The van der Waals surface area contributed by atoms with E-state index in [2.05, 4.69) is 4.98 Å². The second-order valence-electron chi connectivity index (χ2n) is 5.01. The highest BCUT2D eigenvalue weighted by Crippen LogP contribution is 2.23. The van der Waals surface area contributed by atoms with Crippen molar-refractivity contribution in [2.24, 2.45) is 0 Å². The number of carbonyl (C=O) groups is 1. The molecular weight excluding hydrogens is 303 g/mol. The number of nitrogens with zero attached hydrogens (tertiary/aromatic N) is 2. The van der Waals surface area contributed by atoms with Gasteiger partial charge in [-0.25, -0.2) is 9.37 Å². The molecule has 1 atom stereocenters. The van der Waals surface area contributed by atoms with Crippen LogP contribution in [-0.2, 0) is 20.8 Å². The van der Waals surface area contributed by atoms with Crippen molar-refractivity contribution in [2.75, 3.05) is 19.8 Å². The van der Waals surface area contributed by atoms with Crippen LogP contribution in [0.1, 0.15) is 5.56 Å². The molecule has 1 N–H and O–H groups in total. The molecule has 7 heteroatoms. The molecule has 0 aliphatic carbocycles. The lowest BCUT2D eigenvalue weighted by Crippen LogP contribution is -2.32. The Morgan fingerprint density at radius 3 is 2.96 bits per heavy atom. The highest BCUT2D eigenvalue weighted by molar-refractivity contribution is 5.57. The van der Waals surface area contributed by atoms with E-state index in [-0.39, 0.29) is 18.4 Å². The number of ether oxygens (including phenoxy) is 2. The number of aryl methyl sites for hydroxylation is 1. The first kappa shape index (κ1) is 17.1. The van der Waals surface area contributed by atoms with Crippen molar-refractivity contribution >= 4 is 6.47 Å². The molecule has 2 aromatic rings. The third kappa shape index (κ3) is 4.37. The van der Waals surface area contributed by atoms with Crippen molar-refractivity contribution in [1.29, 1.82) is 0 Å². The fourth-order valence-corrected chi connectivity index (χ4v) is 2.38. The molecule has 1 fully saturated rings. The molecule has 0 spiro atoms. The minimum atomic E-state index is -0.250. The Labute approximate surface area is 133 Å². The normalized spacial score (nSPS) is 17.2. The summed E-state index contributed by atoms with van der Waals surface area (Å²) in [5.74, 6) is 0.404. The van der Waals surface area contributed by atoms with Crippen LogP contribution >= 0.6 is 0 Å². The van der Waals surface area contributed by atoms with Crippen LogP contribution in [-0.4, -0.2) is 47.1 Å². The van der Waals surface area contributed by atoms with Crippen LogP contribution < -0.4 is 0 Å². The molecule has 1 aliphatic rings. The first-order valence-electron chi connectivity index (χ1n) is 7.21. The molecule has 0 amide bonds. The minimum Gasteiger partial charge on any atom is -0.483 e. The quantitative estimate of drug-likeness (QED) is 0.876. The SMILES string of the molecule is Cc1cccc(-c2nccn2CC2COCCO2)c1F.O=CO. The summed E-state index contributed by atoms with van der Waals surface area (Å²) in [4.78, 5) is 12.6. The smallest absolute Gasteiger partial charge is 0.290 e. The summed E-state index contributed by atoms with van der Waals surface area (Å²) in [5.41, 5.74) is 1.14. The molecule has 1 unspecified atom stereocenters. The largest absolute Gasteiger partial charge is 0.483 e. The summed E-state index contributed by atoms with van der Waals surface area (Å²) in [6, 6.07) is 5.34. The van der Waals surface area contributed by atoms with E-state index in [1.54, 1.807) is 25.3 Å². The van der Waals surface area contributed by atoms with E-state index in [0.717, 1.165) is 0 Å². The van der Waals surface area contributed by atoms with Crippen LogP contribution in [0.4, 0.5) is 4.39 Å². The molecular formula is C16H19FN2O4. The Morgan fingerprint density at radius 2 is 2.26 bits per heavy atom. The zero-order valence-corrected chi connectivity index (χ0v) is 12.8. The first-order valence-corrected chi connectivity index (χ1v) is 7.21. The van der Waals surface area contributed by atoms with Gasteiger partial charge < -0.3 is 19.1 Å². The van der Waals surface area contributed by atoms with Gasteiger partial charge in [0.2, 0.25) is 0 Å². The zero-order valence-electron chi connectivity index (χ0n) is 12.8. The van der Waals surface area contributed by atoms with Crippen molar-refractivity contribution in [1.82, 2.24) is 9.55 Å². The average molecular weight is 322 g/mol. The van der Waals surface area contributed by atoms with Crippen molar-refractivity contribution in [3.63, 3.8) is 0 Å². The number of rotatable bonds is 3. The van der Waals surface area contributed by atoms with Gasteiger partial charge in [0.1, 0.15) is 11.6 Å². The monoisotopic (exact) mass is 322 g/mol. The van der Waals surface area contributed by atoms with Gasteiger partial charge >= 0.3 is 0 Å². The second-order valence-corrected chi connectivity index (χ2v) is 5.01. The van der Waals surface area contributed by atoms with E-state index >= 15 is 0 Å². The molecule has 23 heavy (non-hydrogen) atoms. The van der Waals surface area contributed by atoms with Gasteiger partial charge in [-0.15, -0.1) is 0 Å². The number of imidazole rings is 1. The summed E-state index contributed by atoms with van der Waals surface area (Å²) in [6.45, 7) is 3.92. The Hall–Kier alpha value is -2.25. The topological polar surface area (TPSA) is 73.6 Å². The summed E-state index contributed by atoms with van der Waals surface area (Å²) in [7, 11) is 0. The van der Waals surface area contributed by atoms with Gasteiger partial charge in [-0.1, -0.05) is 12.1 Å². The van der Waals surface area contributed by atoms with Crippen molar-refractivity contribution in [3.8, 4) is 11.4 Å². The van der Waals surface area contributed by atoms with Gasteiger partial charge in [0.25, 0.3) is 6.47 Å². The lowest BCUT2D eigenvalue weighted by Gasteiger charge is -2.24. The Balaban J connectivity index is 0.000000595. The Kier molecular flexibility index (Phi) is 6.25. The molecule has 124 valence electrons. The van der Waals surface area contributed by atoms with Crippen molar-refractivity contribution in [3.05, 3.63) is 42.0 Å². The lowest BCUT2D eigenvalue weighted by atomic mass is 10.1. The number of benzene rings is 1. The van der Waals surface area contributed by atoms with Crippen LogP contribution in [0.2, 0.25) is 0 Å². The molecule has 1 aliphatic heterocycles. The predicted octanol–water partition coefficient (Wildman–Crippen LogP) is 2.11. The van der Waals surface area contributed by atoms with Gasteiger partial charge in [0.15, 0.2) is 0 Å². The van der Waals surface area contributed by atoms with Crippen LogP contribution in [0.25, 0.3) is 11.4 Å². The highest BCUT2D eigenvalue weighted by Gasteiger charge is 2.18. The van der Waals surface area contributed by atoms with Gasteiger partial charge in [-0.3, -0.25) is 4.79 Å². The fraction of sp³-hybridized carbons (Fsp3) is 0.375. The van der Waals surface area contributed by atoms with Gasteiger partial charge in [-0.05, 0) is 18.6 Å². The third-order valence-corrected chi connectivity index (χ3v) is 3.43. The molecule has 0 bridgehead atoms. The van der Waals surface area contributed by atoms with Gasteiger partial charge in [-0.2, -0.15) is 0 Å². The highest BCUT2D eigenvalue weighted by atomic mass is 19.1. The average Bonchev–Trinajstić information content (AvgIpc) is 3.00. The number of aromatic nitrogens is 2. The maximum atomic E-state index is 14.2. The maximum Gasteiger partial charge on any atom is 0.290 e. The summed E-state index contributed by atoms with van der Waals surface area (Å²) >= 11 is 0. The second kappa shape index (κ2) is 8.40. The molecule has 1 aromatic carbocycles. The number of carboxylic acid groups (broad SMARTS) is 1. The number of halogens is 1. The summed E-state index contributed by atoms with van der Waals surface area (Å²) in [6.07, 6.45) is 3.51. The molecule has 0 saturated carbocycles. The first-order chi connectivity index (χ1) is 11.2. The van der Waals surface area contributed by atoms with Crippen LogP contribution in [0, 0.1) is 12.7 Å². The Bertz CT molecular complexity index is 639. The molecule has 2 heterocycles. The fourth-order valence-electron chi connectivity index (χ4n) is 2.38. The number of hydrogen-bond donors (Lipinski definition) is 1. The van der Waals surface area contributed by atoms with Crippen molar-refractivity contribution < 1.29 is 23.8 Å². The summed E-state index contributed by atoms with van der Waals surface area (Å²) in [5, 5.41) is 6.89. The van der Waals surface area contributed by atoms with Crippen molar-refractivity contribution in [2.45, 2.75) is 19.6 Å². The number of hydrogen-bond acceptors (Lipinski definition) is 4. The minimum absolute atomic E-state index is 0.00966. The van der Waals surface area contributed by atoms with Crippen LogP contribution in [0.3, 0.4) is 0 Å². The van der Waals surface area contributed by atoms with Crippen LogP contribution in [0.15, 0.2) is 30.6 Å². The van der Waals surface area contributed by atoms with E-state index in [1.807, 2.05) is 16.8 Å². The van der Waals surface area contributed by atoms with Gasteiger partial charge in [0, 0.05) is 12.4 Å². The van der Waals surface area contributed by atoms with E-state index in [4.69, 9.17) is 19.4 Å². The van der Waals surface area contributed by atoms with Crippen LogP contribution in [0.5, 0.6) is 0 Å². The van der Waals surface area contributed by atoms with E-state index < -0.39 is 0 Å². The molecule has 3 rings (SSSR count). The lowest BCUT2D eigenvalue weighted by molar-refractivity contribution is -0.122. The van der Waals surface area contributed by atoms with E-state index in [0.29, 0.717) is 43.3 Å².